The molecular weight excluding hydrogens is 383 g/mol. The largest absolute Gasteiger partial charge is 0.442 e. The van der Waals surface area contributed by atoms with Crippen LogP contribution in [0.25, 0.3) is 33.4 Å². The molecule has 9 heteroatoms. The van der Waals surface area contributed by atoms with Gasteiger partial charge in [-0.25, -0.2) is 17.8 Å². The van der Waals surface area contributed by atoms with Gasteiger partial charge in [0.15, 0.2) is 17.6 Å². The molecule has 28 heavy (non-hydrogen) atoms. The Hall–Kier alpha value is -2.78. The molecule has 7 nitrogen and oxygen atoms in total. The molecule has 3 aromatic heterocycles. The molecular formula is C19H17FN4O3S. The molecule has 4 aromatic rings. The molecule has 1 fully saturated rings. The number of benzene rings is 1. The summed E-state index contributed by atoms with van der Waals surface area (Å²) in [7, 11) is -3.69. The van der Waals surface area contributed by atoms with Crippen molar-refractivity contribution in [3.63, 3.8) is 0 Å². The number of H-pyrrole nitrogens is 1. The zero-order chi connectivity index (χ0) is 19.5. The molecule has 0 spiro atoms. The second-order valence-corrected chi connectivity index (χ2v) is 8.86. The number of aryl methyl sites for hydroxylation is 1. The molecule has 0 saturated carbocycles. The maximum Gasteiger partial charge on any atom is 0.258 e. The van der Waals surface area contributed by atoms with E-state index in [1.165, 1.54) is 22.8 Å². The second kappa shape index (κ2) is 6.11. The monoisotopic (exact) mass is 400 g/mol. The van der Waals surface area contributed by atoms with Gasteiger partial charge in [-0.05, 0) is 49.6 Å². The molecule has 0 atom stereocenters. The zero-order valence-electron chi connectivity index (χ0n) is 15.1. The van der Waals surface area contributed by atoms with Gasteiger partial charge in [-0.2, -0.15) is 9.29 Å². The number of aromatic amines is 1. The van der Waals surface area contributed by atoms with Gasteiger partial charge in [-0.1, -0.05) is 0 Å². The summed E-state index contributed by atoms with van der Waals surface area (Å²) in [6, 6.07) is 6.39. The van der Waals surface area contributed by atoms with Gasteiger partial charge in [-0.3, -0.25) is 0 Å². The molecule has 0 amide bonds. The minimum absolute atomic E-state index is 0.00216. The zero-order valence-corrected chi connectivity index (χ0v) is 15.9. The Morgan fingerprint density at radius 2 is 2.00 bits per heavy atom. The summed E-state index contributed by atoms with van der Waals surface area (Å²) >= 11 is 0. The first kappa shape index (κ1) is 17.3. The number of hydrogen-bond acceptors (Lipinski definition) is 5. The van der Waals surface area contributed by atoms with Crippen molar-refractivity contribution in [2.24, 2.45) is 0 Å². The highest BCUT2D eigenvalue weighted by atomic mass is 32.2. The normalized spacial score (nSPS) is 15.8. The standard InChI is InChI=1S/C19H17FN4O3S/c1-11-8-13(20)18-12(9-16(23-18)28(25,26)24-6-2-3-7-24)17(11)14-4-5-15-19(22-14)21-10-27-15/h4-5,8-10,23H,2-3,6-7H2,1H3. The van der Waals surface area contributed by atoms with Crippen molar-refractivity contribution in [3.8, 4) is 11.3 Å². The van der Waals surface area contributed by atoms with Gasteiger partial charge in [0, 0.05) is 24.0 Å². The van der Waals surface area contributed by atoms with E-state index < -0.39 is 15.8 Å². The fourth-order valence-corrected chi connectivity index (χ4v) is 5.32. The van der Waals surface area contributed by atoms with Crippen molar-refractivity contribution in [2.45, 2.75) is 24.8 Å². The van der Waals surface area contributed by atoms with E-state index in [-0.39, 0.29) is 10.5 Å². The molecule has 0 aliphatic carbocycles. The number of halogens is 1. The molecule has 1 saturated heterocycles. The first-order valence-corrected chi connectivity index (χ1v) is 10.4. The van der Waals surface area contributed by atoms with E-state index in [4.69, 9.17) is 4.42 Å². The molecule has 1 aliphatic heterocycles. The summed E-state index contributed by atoms with van der Waals surface area (Å²) in [5.74, 6) is -0.498. The number of oxazole rings is 1. The second-order valence-electron chi connectivity index (χ2n) is 6.95. The Kier molecular flexibility index (Phi) is 3.78. The van der Waals surface area contributed by atoms with E-state index in [2.05, 4.69) is 15.0 Å². The minimum Gasteiger partial charge on any atom is -0.442 e. The van der Waals surface area contributed by atoms with Gasteiger partial charge in [0.2, 0.25) is 0 Å². The molecule has 1 N–H and O–H groups in total. The number of nitrogens with zero attached hydrogens (tertiary/aromatic N) is 3. The third kappa shape index (κ3) is 2.54. The van der Waals surface area contributed by atoms with Crippen molar-refractivity contribution in [3.05, 3.63) is 42.0 Å². The van der Waals surface area contributed by atoms with Gasteiger partial charge < -0.3 is 9.40 Å². The Balaban J connectivity index is 1.74. The fraction of sp³-hybridized carbons (Fsp3) is 0.263. The molecule has 1 aromatic carbocycles. The van der Waals surface area contributed by atoms with Crippen LogP contribution in [0.1, 0.15) is 18.4 Å². The Morgan fingerprint density at radius 3 is 2.79 bits per heavy atom. The van der Waals surface area contributed by atoms with Crippen LogP contribution in [0.4, 0.5) is 4.39 Å². The average Bonchev–Trinajstić information content (AvgIpc) is 3.41. The summed E-state index contributed by atoms with van der Waals surface area (Å²) in [6.07, 6.45) is 2.98. The molecule has 0 unspecified atom stereocenters. The highest BCUT2D eigenvalue weighted by Crippen LogP contribution is 2.35. The predicted octanol–water partition coefficient (Wildman–Crippen LogP) is 3.60. The lowest BCUT2D eigenvalue weighted by molar-refractivity contribution is 0.475. The number of nitrogens with one attached hydrogen (secondary N) is 1. The van der Waals surface area contributed by atoms with Crippen LogP contribution >= 0.6 is 0 Å². The van der Waals surface area contributed by atoms with Crippen molar-refractivity contribution in [1.29, 1.82) is 0 Å². The van der Waals surface area contributed by atoms with E-state index >= 15 is 0 Å². The smallest absolute Gasteiger partial charge is 0.258 e. The molecule has 144 valence electrons. The Labute approximate surface area is 160 Å². The van der Waals surface area contributed by atoms with Crippen LogP contribution in [-0.2, 0) is 10.0 Å². The summed E-state index contributed by atoms with van der Waals surface area (Å²) in [5.41, 5.74) is 3.04. The maximum atomic E-state index is 14.6. The van der Waals surface area contributed by atoms with Crippen LogP contribution in [0.15, 0.2) is 40.1 Å². The summed E-state index contributed by atoms with van der Waals surface area (Å²) < 4.78 is 47.1. The number of hydrogen-bond donors (Lipinski definition) is 1. The molecule has 0 radical (unpaired) electrons. The van der Waals surface area contributed by atoms with Gasteiger partial charge in [-0.15, -0.1) is 0 Å². The lowest BCUT2D eigenvalue weighted by Crippen LogP contribution is -2.28. The van der Waals surface area contributed by atoms with Gasteiger partial charge in [0.25, 0.3) is 10.0 Å². The third-order valence-electron chi connectivity index (χ3n) is 5.17. The first-order valence-electron chi connectivity index (χ1n) is 8.98. The van der Waals surface area contributed by atoms with Crippen LogP contribution in [0.2, 0.25) is 0 Å². The number of rotatable bonds is 3. The number of aromatic nitrogens is 3. The summed E-state index contributed by atoms with van der Waals surface area (Å²) in [4.78, 5) is 11.3. The van der Waals surface area contributed by atoms with E-state index in [1.54, 1.807) is 19.1 Å². The Bertz CT molecular complexity index is 1320. The quantitative estimate of drug-likeness (QED) is 0.567. The number of fused-ring (bicyclic) bond motifs is 2. The van der Waals surface area contributed by atoms with Gasteiger partial charge in [0.1, 0.15) is 10.8 Å². The van der Waals surface area contributed by atoms with Crippen LogP contribution in [-0.4, -0.2) is 40.8 Å². The predicted molar refractivity (Wildman–Crippen MR) is 102 cm³/mol. The fourth-order valence-electron chi connectivity index (χ4n) is 3.80. The van der Waals surface area contributed by atoms with Crippen LogP contribution in [0.3, 0.4) is 0 Å². The number of sulfonamides is 1. The molecule has 0 bridgehead atoms. The average molecular weight is 400 g/mol. The van der Waals surface area contributed by atoms with Crippen LogP contribution < -0.4 is 0 Å². The third-order valence-corrected chi connectivity index (χ3v) is 6.99. The van der Waals surface area contributed by atoms with Crippen molar-refractivity contribution in [2.75, 3.05) is 13.1 Å². The first-order chi connectivity index (χ1) is 13.4. The maximum absolute atomic E-state index is 14.6. The lowest BCUT2D eigenvalue weighted by Gasteiger charge is -2.13. The topological polar surface area (TPSA) is 92.1 Å². The Morgan fingerprint density at radius 1 is 1.21 bits per heavy atom. The molecule has 5 rings (SSSR count). The summed E-state index contributed by atoms with van der Waals surface area (Å²) in [5, 5.41) is 0.475. The van der Waals surface area contributed by atoms with Crippen molar-refractivity contribution < 1.29 is 17.2 Å². The summed E-state index contributed by atoms with van der Waals surface area (Å²) in [6.45, 7) is 2.74. The minimum atomic E-state index is -3.69. The highest BCUT2D eigenvalue weighted by molar-refractivity contribution is 7.89. The van der Waals surface area contributed by atoms with Crippen LogP contribution in [0, 0.1) is 12.7 Å². The van der Waals surface area contributed by atoms with Gasteiger partial charge in [0.05, 0.1) is 11.2 Å². The van der Waals surface area contributed by atoms with Gasteiger partial charge >= 0.3 is 0 Å². The molecule has 4 heterocycles. The van der Waals surface area contributed by atoms with Crippen molar-refractivity contribution in [1.82, 2.24) is 19.3 Å². The highest BCUT2D eigenvalue weighted by Gasteiger charge is 2.30. The lowest BCUT2D eigenvalue weighted by atomic mass is 10.0. The van der Waals surface area contributed by atoms with E-state index in [0.717, 1.165) is 12.8 Å². The van der Waals surface area contributed by atoms with Crippen LogP contribution in [0.5, 0.6) is 0 Å². The number of pyridine rings is 1. The van der Waals surface area contributed by atoms with Crippen molar-refractivity contribution >= 4 is 32.2 Å². The molecule has 1 aliphatic rings. The van der Waals surface area contributed by atoms with E-state index in [1.807, 2.05) is 0 Å². The van der Waals surface area contributed by atoms with E-state index in [0.29, 0.717) is 46.5 Å². The SMILES string of the molecule is Cc1cc(F)c2[nH]c(S(=O)(=O)N3CCCC3)cc2c1-c1ccc2ocnc2n1. The van der Waals surface area contributed by atoms with E-state index in [9.17, 15) is 12.8 Å².